The SMILES string of the molecule is CCCC1=NC2C(O[C@H](CO)[C@@H](O)[C@@H]2O)S1. The van der Waals surface area contributed by atoms with Gasteiger partial charge in [0.1, 0.15) is 29.8 Å². The molecule has 0 bridgehead atoms. The Bertz CT molecular complexity index is 286. The number of aliphatic imine (C=N–C) groups is 1. The van der Waals surface area contributed by atoms with Gasteiger partial charge >= 0.3 is 0 Å². The molecular weight excluding hydrogens is 230 g/mol. The molecule has 6 heteroatoms. The fourth-order valence-electron chi connectivity index (χ4n) is 1.97. The van der Waals surface area contributed by atoms with Crippen LogP contribution < -0.4 is 0 Å². The van der Waals surface area contributed by atoms with Crippen LogP contribution in [0.5, 0.6) is 0 Å². The highest BCUT2D eigenvalue weighted by molar-refractivity contribution is 8.14. The van der Waals surface area contributed by atoms with Gasteiger partial charge in [-0.15, -0.1) is 0 Å². The Hall–Kier alpha value is -0.140. The first-order valence-corrected chi connectivity index (χ1v) is 6.41. The summed E-state index contributed by atoms with van der Waals surface area (Å²) in [6.07, 6.45) is -0.852. The zero-order chi connectivity index (χ0) is 11.7. The number of hydrogen-bond donors (Lipinski definition) is 3. The maximum absolute atomic E-state index is 9.87. The number of fused-ring (bicyclic) bond motifs is 1. The molecule has 0 spiro atoms. The van der Waals surface area contributed by atoms with E-state index in [1.54, 1.807) is 0 Å². The number of ether oxygens (including phenoxy) is 1. The van der Waals surface area contributed by atoms with Gasteiger partial charge in [-0.25, -0.2) is 0 Å². The molecule has 2 heterocycles. The summed E-state index contributed by atoms with van der Waals surface area (Å²) in [5, 5.41) is 29.5. The van der Waals surface area contributed by atoms with E-state index in [4.69, 9.17) is 9.84 Å². The zero-order valence-corrected chi connectivity index (χ0v) is 9.93. The monoisotopic (exact) mass is 247 g/mol. The summed E-state index contributed by atoms with van der Waals surface area (Å²) in [7, 11) is 0. The molecular formula is C10H17NO4S. The van der Waals surface area contributed by atoms with Gasteiger partial charge in [0.05, 0.1) is 11.7 Å². The second-order valence-corrected chi connectivity index (χ2v) is 5.26. The molecule has 2 rings (SSSR count). The summed E-state index contributed by atoms with van der Waals surface area (Å²) in [6, 6.07) is -0.399. The van der Waals surface area contributed by atoms with Gasteiger partial charge in [0.15, 0.2) is 0 Å². The van der Waals surface area contributed by atoms with Crippen LogP contribution >= 0.6 is 11.8 Å². The molecule has 0 amide bonds. The molecule has 92 valence electrons. The third-order valence-corrected chi connectivity index (χ3v) is 4.06. The van der Waals surface area contributed by atoms with E-state index in [9.17, 15) is 10.2 Å². The Morgan fingerprint density at radius 3 is 2.75 bits per heavy atom. The molecule has 1 fully saturated rings. The molecule has 0 aliphatic carbocycles. The summed E-state index contributed by atoms with van der Waals surface area (Å²) in [6.45, 7) is 1.78. The van der Waals surface area contributed by atoms with E-state index in [0.717, 1.165) is 17.9 Å². The Labute approximate surface area is 98.5 Å². The van der Waals surface area contributed by atoms with E-state index in [1.165, 1.54) is 11.8 Å². The maximum Gasteiger partial charge on any atom is 0.134 e. The quantitative estimate of drug-likeness (QED) is 0.640. The molecule has 2 unspecified atom stereocenters. The lowest BCUT2D eigenvalue weighted by molar-refractivity contribution is -0.164. The average Bonchev–Trinajstić information content (AvgIpc) is 2.67. The molecule has 2 aliphatic heterocycles. The highest BCUT2D eigenvalue weighted by Gasteiger charge is 2.47. The first-order chi connectivity index (χ1) is 7.67. The molecule has 1 saturated heterocycles. The van der Waals surface area contributed by atoms with Crippen molar-refractivity contribution in [3.63, 3.8) is 0 Å². The van der Waals surface area contributed by atoms with Crippen molar-refractivity contribution in [3.05, 3.63) is 0 Å². The van der Waals surface area contributed by atoms with Crippen molar-refractivity contribution in [1.29, 1.82) is 0 Å². The normalized spacial score (nSPS) is 43.0. The second kappa shape index (κ2) is 5.01. The Kier molecular flexibility index (Phi) is 3.86. The predicted molar refractivity (Wildman–Crippen MR) is 61.5 cm³/mol. The van der Waals surface area contributed by atoms with Crippen LogP contribution in [0.1, 0.15) is 19.8 Å². The van der Waals surface area contributed by atoms with Crippen LogP contribution in [0.4, 0.5) is 0 Å². The van der Waals surface area contributed by atoms with E-state index in [-0.39, 0.29) is 12.0 Å². The smallest absolute Gasteiger partial charge is 0.134 e. The Morgan fingerprint density at radius 2 is 2.12 bits per heavy atom. The Balaban J connectivity index is 2.08. The molecule has 0 aromatic rings. The van der Waals surface area contributed by atoms with E-state index < -0.39 is 24.4 Å². The minimum atomic E-state index is -1.06. The second-order valence-electron chi connectivity index (χ2n) is 4.09. The molecule has 5 atom stereocenters. The van der Waals surface area contributed by atoms with E-state index in [1.807, 2.05) is 0 Å². The molecule has 0 radical (unpaired) electrons. The number of aliphatic hydroxyl groups excluding tert-OH is 3. The molecule has 5 nitrogen and oxygen atoms in total. The minimum absolute atomic E-state index is 0.267. The lowest BCUT2D eigenvalue weighted by Crippen LogP contribution is -2.55. The van der Waals surface area contributed by atoms with Crippen molar-refractivity contribution in [1.82, 2.24) is 0 Å². The van der Waals surface area contributed by atoms with Crippen molar-refractivity contribution in [2.45, 2.75) is 49.6 Å². The van der Waals surface area contributed by atoms with Crippen LogP contribution in [0.3, 0.4) is 0 Å². The molecule has 0 aromatic heterocycles. The number of hydrogen-bond acceptors (Lipinski definition) is 6. The lowest BCUT2D eigenvalue weighted by atomic mass is 9.99. The van der Waals surface area contributed by atoms with Crippen molar-refractivity contribution in [3.8, 4) is 0 Å². The van der Waals surface area contributed by atoms with Gasteiger partial charge in [-0.05, 0) is 6.42 Å². The van der Waals surface area contributed by atoms with Gasteiger partial charge in [-0.1, -0.05) is 25.1 Å². The summed E-state index contributed by atoms with van der Waals surface area (Å²) < 4.78 is 5.51. The number of thioether (sulfide) groups is 1. The van der Waals surface area contributed by atoms with Crippen LogP contribution in [0, 0.1) is 0 Å². The van der Waals surface area contributed by atoms with E-state index in [0.29, 0.717) is 0 Å². The van der Waals surface area contributed by atoms with Gasteiger partial charge in [-0.3, -0.25) is 4.99 Å². The van der Waals surface area contributed by atoms with Gasteiger partial charge in [-0.2, -0.15) is 0 Å². The maximum atomic E-state index is 9.87. The standard InChI is InChI=1S/C10H17NO4S/c1-2-3-6-11-7-9(14)8(13)5(4-12)15-10(7)16-6/h5,7-10,12-14H,2-4H2,1H3/t5-,7?,8-,9-,10?/m1/s1. The van der Waals surface area contributed by atoms with Gasteiger partial charge in [0, 0.05) is 0 Å². The summed E-state index contributed by atoms with van der Waals surface area (Å²) in [5.41, 5.74) is -0.267. The van der Waals surface area contributed by atoms with Crippen LogP contribution in [0.25, 0.3) is 0 Å². The average molecular weight is 247 g/mol. The van der Waals surface area contributed by atoms with Crippen molar-refractivity contribution < 1.29 is 20.1 Å². The van der Waals surface area contributed by atoms with Crippen molar-refractivity contribution >= 4 is 16.8 Å². The predicted octanol–water partition coefficient (Wildman–Crippen LogP) is -0.261. The van der Waals surface area contributed by atoms with Crippen LogP contribution in [-0.2, 0) is 4.74 Å². The van der Waals surface area contributed by atoms with Gasteiger partial charge in [0.25, 0.3) is 0 Å². The zero-order valence-electron chi connectivity index (χ0n) is 9.11. The number of rotatable bonds is 3. The molecule has 16 heavy (non-hydrogen) atoms. The largest absolute Gasteiger partial charge is 0.394 e. The highest BCUT2D eigenvalue weighted by Crippen LogP contribution is 2.37. The molecule has 3 N–H and O–H groups in total. The molecule has 2 aliphatic rings. The lowest BCUT2D eigenvalue weighted by Gasteiger charge is -2.37. The Morgan fingerprint density at radius 1 is 1.38 bits per heavy atom. The first kappa shape index (κ1) is 12.3. The first-order valence-electron chi connectivity index (χ1n) is 5.53. The fraction of sp³-hybridized carbons (Fsp3) is 0.900. The number of nitrogens with zero attached hydrogens (tertiary/aromatic N) is 1. The third kappa shape index (κ3) is 2.12. The topological polar surface area (TPSA) is 82.3 Å². The minimum Gasteiger partial charge on any atom is -0.394 e. The van der Waals surface area contributed by atoms with Crippen molar-refractivity contribution in [2.75, 3.05) is 6.61 Å². The van der Waals surface area contributed by atoms with E-state index >= 15 is 0 Å². The summed E-state index contributed by atoms with van der Waals surface area (Å²) in [5.74, 6) is 0. The molecule has 0 saturated carbocycles. The van der Waals surface area contributed by atoms with Gasteiger partial charge in [0.2, 0.25) is 0 Å². The van der Waals surface area contributed by atoms with Crippen molar-refractivity contribution in [2.24, 2.45) is 4.99 Å². The fourth-order valence-corrected chi connectivity index (χ4v) is 3.30. The third-order valence-electron chi connectivity index (χ3n) is 2.86. The number of aliphatic hydroxyl groups is 3. The van der Waals surface area contributed by atoms with Crippen LogP contribution in [-0.4, -0.2) is 56.8 Å². The van der Waals surface area contributed by atoms with Crippen LogP contribution in [0.15, 0.2) is 4.99 Å². The van der Waals surface area contributed by atoms with Gasteiger partial charge < -0.3 is 20.1 Å². The summed E-state index contributed by atoms with van der Waals surface area (Å²) >= 11 is 1.49. The molecule has 0 aromatic carbocycles. The summed E-state index contributed by atoms with van der Waals surface area (Å²) in [4.78, 5) is 4.36. The van der Waals surface area contributed by atoms with Crippen LogP contribution in [0.2, 0.25) is 0 Å². The van der Waals surface area contributed by atoms with E-state index in [2.05, 4.69) is 11.9 Å². The highest BCUT2D eigenvalue weighted by atomic mass is 32.2.